The van der Waals surface area contributed by atoms with Crippen molar-refractivity contribution < 1.29 is 44.2 Å². The number of hydrogen-bond acceptors (Lipinski definition) is 4. The Morgan fingerprint density at radius 3 is 1.18 bits per heavy atom. The van der Waals surface area contributed by atoms with Crippen LogP contribution in [0.4, 0.5) is 26.3 Å². The first-order valence-corrected chi connectivity index (χ1v) is 12.8. The molecule has 0 aliphatic heterocycles. The maximum Gasteiger partial charge on any atom is 0.419 e. The molecule has 0 aliphatic carbocycles. The molecule has 0 unspecified atom stereocenters. The van der Waals surface area contributed by atoms with Gasteiger partial charge in [0.1, 0.15) is 23.0 Å². The van der Waals surface area contributed by atoms with E-state index in [4.69, 9.17) is 9.47 Å². The first-order valence-electron chi connectivity index (χ1n) is 11.3. The summed E-state index contributed by atoms with van der Waals surface area (Å²) in [5.41, 5.74) is -1.14. The van der Waals surface area contributed by atoms with Crippen molar-refractivity contribution in [3.05, 3.63) is 107 Å². The van der Waals surface area contributed by atoms with Crippen molar-refractivity contribution in [1.29, 1.82) is 0 Å². The molecule has 0 spiro atoms. The third-order valence-corrected chi connectivity index (χ3v) is 7.39. The lowest BCUT2D eigenvalue weighted by molar-refractivity contribution is -0.139. The Morgan fingerprint density at radius 2 is 0.872 bits per heavy atom. The van der Waals surface area contributed by atoms with E-state index in [-0.39, 0.29) is 21.3 Å². The first-order chi connectivity index (χ1) is 18.1. The molecule has 0 fully saturated rings. The van der Waals surface area contributed by atoms with Crippen LogP contribution in [-0.2, 0) is 22.2 Å². The molecule has 0 heterocycles. The molecule has 0 N–H and O–H groups in total. The Kier molecular flexibility index (Phi) is 7.40. The van der Waals surface area contributed by atoms with Crippen LogP contribution in [0.25, 0.3) is 0 Å². The Bertz CT molecular complexity index is 1480. The minimum absolute atomic E-state index is 0.00869. The lowest BCUT2D eigenvalue weighted by Gasteiger charge is -2.15. The van der Waals surface area contributed by atoms with Gasteiger partial charge in [0.25, 0.3) is 0 Å². The molecule has 0 atom stereocenters. The summed E-state index contributed by atoms with van der Waals surface area (Å²) >= 11 is 0. The van der Waals surface area contributed by atoms with Gasteiger partial charge >= 0.3 is 12.4 Å². The van der Waals surface area contributed by atoms with Gasteiger partial charge in [-0.2, -0.15) is 26.3 Å². The van der Waals surface area contributed by atoms with Crippen molar-refractivity contribution in [3.8, 4) is 23.0 Å². The van der Waals surface area contributed by atoms with Crippen molar-refractivity contribution in [1.82, 2.24) is 0 Å². The van der Waals surface area contributed by atoms with Gasteiger partial charge in [0.2, 0.25) is 9.84 Å². The van der Waals surface area contributed by atoms with Gasteiger partial charge in [0, 0.05) is 0 Å². The normalized spacial score (nSPS) is 12.3. The third kappa shape index (κ3) is 6.36. The zero-order valence-electron chi connectivity index (χ0n) is 20.4. The number of rotatable bonds is 6. The molecule has 39 heavy (non-hydrogen) atoms. The van der Waals surface area contributed by atoms with Crippen molar-refractivity contribution in [2.75, 3.05) is 0 Å². The van der Waals surface area contributed by atoms with Crippen LogP contribution >= 0.6 is 0 Å². The van der Waals surface area contributed by atoms with E-state index in [0.29, 0.717) is 11.1 Å². The van der Waals surface area contributed by atoms with E-state index in [0.717, 1.165) is 12.1 Å². The predicted octanol–water partition coefficient (Wildman–Crippen LogP) is 8.76. The van der Waals surface area contributed by atoms with E-state index < -0.39 is 44.8 Å². The van der Waals surface area contributed by atoms with E-state index >= 15 is 0 Å². The summed E-state index contributed by atoms with van der Waals surface area (Å²) in [5, 5.41) is 0. The van der Waals surface area contributed by atoms with E-state index in [2.05, 4.69) is 0 Å². The molecule has 0 amide bonds. The van der Waals surface area contributed by atoms with Crippen LogP contribution in [0.1, 0.15) is 22.3 Å². The minimum atomic E-state index is -4.64. The van der Waals surface area contributed by atoms with Crippen molar-refractivity contribution in [2.24, 2.45) is 0 Å². The van der Waals surface area contributed by atoms with Gasteiger partial charge < -0.3 is 9.47 Å². The van der Waals surface area contributed by atoms with Crippen LogP contribution < -0.4 is 9.47 Å². The zero-order chi connectivity index (χ0) is 28.6. The molecule has 204 valence electrons. The SMILES string of the molecule is Cc1ccc(Oc2ccc(S(=O)(=O)c3ccc(Oc4ccc(C)cc4C(F)(F)F)cc3)cc2)c(C(F)(F)F)c1. The van der Waals surface area contributed by atoms with Gasteiger partial charge in [-0.05, 0) is 86.6 Å². The highest BCUT2D eigenvalue weighted by Gasteiger charge is 2.35. The number of benzene rings is 4. The van der Waals surface area contributed by atoms with Crippen LogP contribution in [0, 0.1) is 13.8 Å². The summed E-state index contributed by atoms with van der Waals surface area (Å²) in [5.74, 6) is -0.876. The third-order valence-electron chi connectivity index (χ3n) is 5.60. The summed E-state index contributed by atoms with van der Waals surface area (Å²) in [6.45, 7) is 3.03. The van der Waals surface area contributed by atoms with Crippen molar-refractivity contribution >= 4 is 9.84 Å². The summed E-state index contributed by atoms with van der Waals surface area (Å²) in [4.78, 5) is -0.331. The van der Waals surface area contributed by atoms with Gasteiger partial charge in [-0.15, -0.1) is 0 Å². The fourth-order valence-electron chi connectivity index (χ4n) is 3.67. The number of sulfone groups is 1. The maximum absolute atomic E-state index is 13.4. The number of alkyl halides is 6. The second-order valence-corrected chi connectivity index (χ2v) is 10.6. The highest BCUT2D eigenvalue weighted by Crippen LogP contribution is 2.40. The fraction of sp³-hybridized carbons (Fsp3) is 0.143. The van der Waals surface area contributed by atoms with E-state index in [1.807, 2.05) is 0 Å². The summed E-state index contributed by atoms with van der Waals surface area (Å²) in [7, 11) is -4.06. The Labute approximate surface area is 220 Å². The lowest BCUT2D eigenvalue weighted by atomic mass is 10.1. The van der Waals surface area contributed by atoms with Crippen molar-refractivity contribution in [3.63, 3.8) is 0 Å². The standard InChI is InChI=1S/C28H20F6O4S/c1-17-3-13-25(23(15-17)27(29,30)31)37-19-5-9-21(10-6-19)39(35,36)22-11-7-20(8-12-22)38-26-14-4-18(2)16-24(26)28(32,33)34/h3-16H,1-2H3. The Balaban J connectivity index is 1.54. The van der Waals surface area contributed by atoms with E-state index in [9.17, 15) is 34.8 Å². The maximum atomic E-state index is 13.4. The largest absolute Gasteiger partial charge is 0.457 e. The zero-order valence-corrected chi connectivity index (χ0v) is 21.2. The van der Waals surface area contributed by atoms with Gasteiger partial charge in [-0.1, -0.05) is 23.3 Å². The average Bonchev–Trinajstić information content (AvgIpc) is 2.85. The summed E-state index contributed by atoms with van der Waals surface area (Å²) in [6, 6.07) is 16.8. The molecule has 0 bridgehead atoms. The first kappa shape index (κ1) is 28.0. The summed E-state index contributed by atoms with van der Waals surface area (Å²) in [6.07, 6.45) is -9.29. The molecule has 4 aromatic rings. The second kappa shape index (κ2) is 10.3. The molecular weight excluding hydrogens is 546 g/mol. The molecule has 0 saturated carbocycles. The van der Waals surface area contributed by atoms with Crippen LogP contribution in [-0.4, -0.2) is 8.42 Å². The van der Waals surface area contributed by atoms with Gasteiger partial charge in [-0.25, -0.2) is 8.42 Å². The number of aryl methyl sites for hydroxylation is 2. The molecule has 4 rings (SSSR count). The molecule has 0 radical (unpaired) electrons. The molecule has 11 heteroatoms. The average molecular weight is 567 g/mol. The summed E-state index contributed by atoms with van der Waals surface area (Å²) < 4.78 is 117. The smallest absolute Gasteiger partial charge is 0.419 e. The number of halogens is 6. The van der Waals surface area contributed by atoms with Crippen molar-refractivity contribution in [2.45, 2.75) is 36.0 Å². The second-order valence-electron chi connectivity index (χ2n) is 8.65. The quantitative estimate of drug-likeness (QED) is 0.219. The highest BCUT2D eigenvalue weighted by molar-refractivity contribution is 7.91. The molecule has 4 aromatic carbocycles. The molecule has 4 nitrogen and oxygen atoms in total. The van der Waals surface area contributed by atoms with Crippen LogP contribution in [0.5, 0.6) is 23.0 Å². The highest BCUT2D eigenvalue weighted by atomic mass is 32.2. The monoisotopic (exact) mass is 566 g/mol. The van der Waals surface area contributed by atoms with Crippen LogP contribution in [0.3, 0.4) is 0 Å². The predicted molar refractivity (Wildman–Crippen MR) is 131 cm³/mol. The van der Waals surface area contributed by atoms with Gasteiger partial charge in [0.15, 0.2) is 0 Å². The lowest BCUT2D eigenvalue weighted by Crippen LogP contribution is -2.07. The number of hydrogen-bond donors (Lipinski definition) is 0. The van der Waals surface area contributed by atoms with E-state index in [1.165, 1.54) is 86.6 Å². The molecule has 0 saturated heterocycles. The van der Waals surface area contributed by atoms with Gasteiger partial charge in [-0.3, -0.25) is 0 Å². The topological polar surface area (TPSA) is 52.6 Å². The van der Waals surface area contributed by atoms with Crippen LogP contribution in [0.15, 0.2) is 94.7 Å². The molecule has 0 aliphatic rings. The number of ether oxygens (including phenoxy) is 2. The minimum Gasteiger partial charge on any atom is -0.457 e. The van der Waals surface area contributed by atoms with Gasteiger partial charge in [0.05, 0.1) is 20.9 Å². The molecular formula is C28H20F6O4S. The fourth-order valence-corrected chi connectivity index (χ4v) is 4.93. The Morgan fingerprint density at radius 1 is 0.538 bits per heavy atom. The Hall–Kier alpha value is -3.99. The molecule has 0 aromatic heterocycles. The van der Waals surface area contributed by atoms with Crippen LogP contribution in [0.2, 0.25) is 0 Å². The van der Waals surface area contributed by atoms with E-state index in [1.54, 1.807) is 0 Å².